The number of hydrogen-bond donors (Lipinski definition) is 1. The Kier molecular flexibility index (Phi) is 3.35. The molecule has 1 heterocycles. The number of rotatable bonds is 1. The fourth-order valence-electron chi connectivity index (χ4n) is 2.54. The van der Waals surface area contributed by atoms with Gasteiger partial charge in [-0.15, -0.1) is 0 Å². The molecule has 1 unspecified atom stereocenters. The maximum Gasteiger partial charge on any atom is 0.342 e. The lowest BCUT2D eigenvalue weighted by Gasteiger charge is -2.24. The Hall–Kier alpha value is -2.39. The number of carbonyl (C=O) groups is 1. The first-order valence-electron chi connectivity index (χ1n) is 6.85. The third-order valence-electron chi connectivity index (χ3n) is 3.80. The second-order valence-corrected chi connectivity index (χ2v) is 5.23. The normalized spacial score (nSPS) is 19.8. The SMILES string of the molecule is C/C(=C1\C(=O)Oc2ccccc2C1O)c1ccc(C)cc1. The van der Waals surface area contributed by atoms with Crippen LogP contribution in [0.1, 0.15) is 29.7 Å². The van der Waals surface area contributed by atoms with Crippen LogP contribution >= 0.6 is 0 Å². The molecule has 106 valence electrons. The number of ether oxygens (including phenoxy) is 1. The molecule has 1 aliphatic heterocycles. The predicted molar refractivity (Wildman–Crippen MR) is 80.8 cm³/mol. The molecule has 3 heteroatoms. The fourth-order valence-corrected chi connectivity index (χ4v) is 2.54. The van der Waals surface area contributed by atoms with Crippen molar-refractivity contribution in [2.45, 2.75) is 20.0 Å². The van der Waals surface area contributed by atoms with Gasteiger partial charge in [0, 0.05) is 5.56 Å². The van der Waals surface area contributed by atoms with Crippen LogP contribution in [0.4, 0.5) is 0 Å². The van der Waals surface area contributed by atoms with Crippen LogP contribution in [-0.2, 0) is 4.79 Å². The van der Waals surface area contributed by atoms with Gasteiger partial charge in [-0.3, -0.25) is 0 Å². The van der Waals surface area contributed by atoms with E-state index in [4.69, 9.17) is 4.74 Å². The molecule has 0 saturated carbocycles. The van der Waals surface area contributed by atoms with Crippen molar-refractivity contribution in [2.75, 3.05) is 0 Å². The zero-order valence-corrected chi connectivity index (χ0v) is 12.0. The Labute approximate surface area is 123 Å². The lowest BCUT2D eigenvalue weighted by molar-refractivity contribution is -0.132. The highest BCUT2D eigenvalue weighted by Crippen LogP contribution is 2.38. The van der Waals surface area contributed by atoms with Crippen molar-refractivity contribution in [3.8, 4) is 5.75 Å². The molecule has 3 nitrogen and oxygen atoms in total. The maximum absolute atomic E-state index is 12.2. The van der Waals surface area contributed by atoms with Gasteiger partial charge >= 0.3 is 5.97 Å². The van der Waals surface area contributed by atoms with Gasteiger partial charge in [-0.05, 0) is 31.1 Å². The summed E-state index contributed by atoms with van der Waals surface area (Å²) in [4.78, 5) is 12.2. The van der Waals surface area contributed by atoms with Crippen LogP contribution in [0.2, 0.25) is 0 Å². The molecule has 0 saturated heterocycles. The monoisotopic (exact) mass is 280 g/mol. The molecule has 2 aromatic rings. The molecule has 1 atom stereocenters. The van der Waals surface area contributed by atoms with Gasteiger partial charge in [-0.2, -0.15) is 0 Å². The van der Waals surface area contributed by atoms with Crippen molar-refractivity contribution in [3.05, 3.63) is 70.8 Å². The summed E-state index contributed by atoms with van der Waals surface area (Å²) in [5.41, 5.74) is 3.72. The summed E-state index contributed by atoms with van der Waals surface area (Å²) in [5, 5.41) is 10.5. The van der Waals surface area contributed by atoms with Crippen molar-refractivity contribution in [2.24, 2.45) is 0 Å². The number of aliphatic hydroxyl groups excluding tert-OH is 1. The van der Waals surface area contributed by atoms with Crippen LogP contribution in [-0.4, -0.2) is 11.1 Å². The van der Waals surface area contributed by atoms with Crippen molar-refractivity contribution >= 4 is 11.5 Å². The summed E-state index contributed by atoms with van der Waals surface area (Å²) in [7, 11) is 0. The Morgan fingerprint density at radius 2 is 1.76 bits per heavy atom. The minimum absolute atomic E-state index is 0.303. The highest BCUT2D eigenvalue weighted by Gasteiger charge is 2.32. The van der Waals surface area contributed by atoms with Gasteiger partial charge in [0.25, 0.3) is 0 Å². The Morgan fingerprint density at radius 1 is 1.10 bits per heavy atom. The van der Waals surface area contributed by atoms with Crippen LogP contribution in [0.15, 0.2) is 54.1 Å². The van der Waals surface area contributed by atoms with E-state index in [2.05, 4.69) is 0 Å². The lowest BCUT2D eigenvalue weighted by Crippen LogP contribution is -2.24. The molecular formula is C18H16O3. The van der Waals surface area contributed by atoms with E-state index in [0.29, 0.717) is 16.9 Å². The van der Waals surface area contributed by atoms with Crippen LogP contribution in [0.5, 0.6) is 5.75 Å². The molecule has 2 aromatic carbocycles. The fraction of sp³-hybridized carbons (Fsp3) is 0.167. The van der Waals surface area contributed by atoms with E-state index >= 15 is 0 Å². The molecule has 0 bridgehead atoms. The number of esters is 1. The lowest BCUT2D eigenvalue weighted by atomic mass is 9.91. The second kappa shape index (κ2) is 5.19. The average Bonchev–Trinajstić information content (AvgIpc) is 2.48. The van der Waals surface area contributed by atoms with E-state index in [1.54, 1.807) is 18.2 Å². The smallest absolute Gasteiger partial charge is 0.342 e. The van der Waals surface area contributed by atoms with Crippen molar-refractivity contribution in [3.63, 3.8) is 0 Å². The largest absolute Gasteiger partial charge is 0.423 e. The van der Waals surface area contributed by atoms with E-state index in [0.717, 1.165) is 16.7 Å². The molecule has 1 N–H and O–H groups in total. The Morgan fingerprint density at radius 3 is 2.48 bits per heavy atom. The van der Waals surface area contributed by atoms with Gasteiger partial charge in [0.1, 0.15) is 11.9 Å². The number of aryl methyl sites for hydroxylation is 1. The number of fused-ring (bicyclic) bond motifs is 1. The van der Waals surface area contributed by atoms with Gasteiger partial charge < -0.3 is 9.84 Å². The van der Waals surface area contributed by atoms with Crippen LogP contribution in [0.25, 0.3) is 5.57 Å². The summed E-state index contributed by atoms with van der Waals surface area (Å²) in [6.45, 7) is 3.84. The van der Waals surface area contributed by atoms with E-state index in [1.165, 1.54) is 0 Å². The Bertz CT molecular complexity index is 726. The van der Waals surface area contributed by atoms with Crippen molar-refractivity contribution < 1.29 is 14.6 Å². The quantitative estimate of drug-likeness (QED) is 0.494. The highest BCUT2D eigenvalue weighted by molar-refractivity contribution is 6.01. The van der Waals surface area contributed by atoms with Crippen molar-refractivity contribution in [1.29, 1.82) is 0 Å². The molecule has 1 aliphatic rings. The molecule has 0 fully saturated rings. The van der Waals surface area contributed by atoms with Crippen LogP contribution in [0.3, 0.4) is 0 Å². The summed E-state index contributed by atoms with van der Waals surface area (Å²) >= 11 is 0. The topological polar surface area (TPSA) is 46.5 Å². The minimum Gasteiger partial charge on any atom is -0.423 e. The zero-order valence-electron chi connectivity index (χ0n) is 12.0. The highest BCUT2D eigenvalue weighted by atomic mass is 16.5. The van der Waals surface area contributed by atoms with Gasteiger partial charge in [0.15, 0.2) is 0 Å². The van der Waals surface area contributed by atoms with E-state index in [1.807, 2.05) is 44.2 Å². The summed E-state index contributed by atoms with van der Waals surface area (Å²) in [5.74, 6) is -0.0604. The average molecular weight is 280 g/mol. The number of aliphatic hydroxyl groups is 1. The molecule has 0 aliphatic carbocycles. The zero-order chi connectivity index (χ0) is 15.0. The number of para-hydroxylation sites is 1. The standard InChI is InChI=1S/C18H16O3/c1-11-7-9-13(10-8-11)12(2)16-17(19)14-5-3-4-6-15(14)21-18(16)20/h3-10,17,19H,1-2H3/b16-12+. The molecule has 0 radical (unpaired) electrons. The number of carbonyl (C=O) groups excluding carboxylic acids is 1. The van der Waals surface area contributed by atoms with E-state index < -0.39 is 12.1 Å². The Balaban J connectivity index is 2.11. The molecular weight excluding hydrogens is 264 g/mol. The summed E-state index contributed by atoms with van der Waals surface area (Å²) < 4.78 is 5.32. The van der Waals surface area contributed by atoms with E-state index in [-0.39, 0.29) is 0 Å². The minimum atomic E-state index is -0.955. The third kappa shape index (κ3) is 2.36. The van der Waals surface area contributed by atoms with Crippen LogP contribution < -0.4 is 4.74 Å². The molecule has 0 aromatic heterocycles. The third-order valence-corrected chi connectivity index (χ3v) is 3.80. The van der Waals surface area contributed by atoms with E-state index in [9.17, 15) is 9.90 Å². The van der Waals surface area contributed by atoms with Gasteiger partial charge in [-0.25, -0.2) is 4.79 Å². The van der Waals surface area contributed by atoms with Gasteiger partial charge in [-0.1, -0.05) is 48.0 Å². The first-order valence-corrected chi connectivity index (χ1v) is 6.85. The number of benzene rings is 2. The first-order chi connectivity index (χ1) is 10.1. The van der Waals surface area contributed by atoms with Gasteiger partial charge in [0.2, 0.25) is 0 Å². The molecule has 3 rings (SSSR count). The summed E-state index contributed by atoms with van der Waals surface area (Å²) in [6, 6.07) is 14.9. The number of hydrogen-bond acceptors (Lipinski definition) is 3. The predicted octanol–water partition coefficient (Wildman–Crippen LogP) is 3.42. The number of allylic oxidation sites excluding steroid dienone is 1. The van der Waals surface area contributed by atoms with Gasteiger partial charge in [0.05, 0.1) is 5.57 Å². The second-order valence-electron chi connectivity index (χ2n) is 5.23. The molecule has 0 spiro atoms. The maximum atomic E-state index is 12.2. The molecule has 21 heavy (non-hydrogen) atoms. The van der Waals surface area contributed by atoms with Crippen molar-refractivity contribution in [1.82, 2.24) is 0 Å². The summed E-state index contributed by atoms with van der Waals surface area (Å²) in [6.07, 6.45) is -0.955. The molecule has 0 amide bonds. The first kappa shape index (κ1) is 13.6. The van der Waals surface area contributed by atoms with Crippen LogP contribution in [0, 0.1) is 6.92 Å².